The highest BCUT2D eigenvalue weighted by atomic mass is 15.2. The third-order valence-corrected chi connectivity index (χ3v) is 20.8. The number of hydrogen-bond donors (Lipinski definition) is 0. The number of nitrogens with zero attached hydrogens (tertiary/aromatic N) is 8. The zero-order valence-electron chi connectivity index (χ0n) is 54.1. The summed E-state index contributed by atoms with van der Waals surface area (Å²) in [5, 5.41) is 4.48. The van der Waals surface area contributed by atoms with Gasteiger partial charge in [0.05, 0.1) is 32.9 Å². The molecule has 0 N–H and O–H groups in total. The van der Waals surface area contributed by atoms with Crippen molar-refractivity contribution in [1.82, 2.24) is 39.0 Å². The molecule has 0 aliphatic heterocycles. The molecule has 0 spiro atoms. The summed E-state index contributed by atoms with van der Waals surface area (Å²) in [5.41, 5.74) is 22.7. The second kappa shape index (κ2) is 22.7. The van der Waals surface area contributed by atoms with E-state index >= 15 is 0 Å². The van der Waals surface area contributed by atoms with E-state index in [0.717, 1.165) is 82.6 Å². The molecule has 0 radical (unpaired) electrons. The Hall–Kier alpha value is -13.3. The summed E-state index contributed by atoms with van der Waals surface area (Å²) in [6.07, 6.45) is 0. The Bertz CT molecular complexity index is 6100. The fraction of sp³-hybridized carbons (Fsp3) is 0.0217. The Labute approximate surface area is 577 Å². The van der Waals surface area contributed by atoms with Crippen molar-refractivity contribution in [1.29, 1.82) is 0 Å². The first-order valence-corrected chi connectivity index (χ1v) is 34.0. The lowest BCUT2D eigenvalue weighted by atomic mass is 9.67. The fourth-order valence-corrected chi connectivity index (χ4v) is 16.6. The summed E-state index contributed by atoms with van der Waals surface area (Å²) in [7, 11) is 0. The molecule has 0 amide bonds. The van der Waals surface area contributed by atoms with Gasteiger partial charge < -0.3 is 0 Å². The molecule has 14 aromatic carbocycles. The van der Waals surface area contributed by atoms with Crippen molar-refractivity contribution in [2.45, 2.75) is 10.8 Å². The number of fused-ring (bicyclic) bond motifs is 14. The maximum atomic E-state index is 5.63. The highest BCUT2D eigenvalue weighted by Crippen LogP contribution is 2.61. The average molecular weight is 1280 g/mol. The van der Waals surface area contributed by atoms with Crippen LogP contribution in [-0.4, -0.2) is 39.0 Å². The normalized spacial score (nSPS) is 13.2. The van der Waals surface area contributed by atoms with Gasteiger partial charge in [0, 0.05) is 49.4 Å². The Morgan fingerprint density at radius 1 is 0.230 bits per heavy atom. The van der Waals surface area contributed by atoms with Gasteiger partial charge in [-0.3, -0.25) is 9.13 Å². The van der Waals surface area contributed by atoms with E-state index in [2.05, 4.69) is 306 Å². The van der Waals surface area contributed by atoms with Crippen molar-refractivity contribution < 1.29 is 0 Å². The van der Waals surface area contributed by atoms with Gasteiger partial charge in [0.2, 0.25) is 11.9 Å². The first-order valence-electron chi connectivity index (χ1n) is 34.0. The third-order valence-electron chi connectivity index (χ3n) is 20.8. The summed E-state index contributed by atoms with van der Waals surface area (Å²) < 4.78 is 4.55. The van der Waals surface area contributed by atoms with E-state index in [4.69, 9.17) is 29.9 Å². The van der Waals surface area contributed by atoms with E-state index in [1.165, 1.54) is 61.2 Å². The Morgan fingerprint density at radius 3 is 1.18 bits per heavy atom. The minimum atomic E-state index is -0.721. The summed E-state index contributed by atoms with van der Waals surface area (Å²) in [6, 6.07) is 126. The van der Waals surface area contributed by atoms with E-state index in [9.17, 15) is 0 Å². The Kier molecular flexibility index (Phi) is 12.9. The molecule has 0 saturated carbocycles. The SMILES string of the molecule is c1ccc(-c2nc(-c3ccccc3)nc(-n3c4ccccc4c4c5c(ccc43)C(c3ccccc3)(c3ccccc3)c3cc(-c4ccc(-c6nc(-c7ccccc7)nc(-n7c8ccccc8c8ccc9c(c87)C(c7ccccc7)(c7ccccc7)c7ccccc7-9)n6)cc4)ccc3-5)n2)cc1. The molecule has 8 nitrogen and oxygen atoms in total. The highest BCUT2D eigenvalue weighted by Gasteiger charge is 2.50. The van der Waals surface area contributed by atoms with Crippen LogP contribution >= 0.6 is 0 Å². The number of rotatable bonds is 11. The summed E-state index contributed by atoms with van der Waals surface area (Å²) in [6.45, 7) is 0. The first kappa shape index (κ1) is 57.0. The molecule has 20 rings (SSSR count). The average Bonchev–Trinajstić information content (AvgIpc) is 1.52. The van der Waals surface area contributed by atoms with Crippen LogP contribution in [0.25, 0.3) is 134 Å². The van der Waals surface area contributed by atoms with Gasteiger partial charge >= 0.3 is 0 Å². The van der Waals surface area contributed by atoms with Crippen LogP contribution in [0, 0.1) is 0 Å². The van der Waals surface area contributed by atoms with Crippen LogP contribution in [0.4, 0.5) is 0 Å². The predicted octanol–water partition coefficient (Wildman–Crippen LogP) is 21.3. The zero-order chi connectivity index (χ0) is 65.9. The molecule has 18 aromatic rings. The monoisotopic (exact) mass is 1270 g/mol. The molecular formula is C92H58N8. The molecule has 4 heterocycles. The van der Waals surface area contributed by atoms with E-state index < -0.39 is 10.8 Å². The summed E-state index contributed by atoms with van der Waals surface area (Å²) >= 11 is 0. The lowest BCUT2D eigenvalue weighted by Crippen LogP contribution is -2.29. The van der Waals surface area contributed by atoms with Crippen LogP contribution in [-0.2, 0) is 10.8 Å². The second-order valence-corrected chi connectivity index (χ2v) is 26.0. The smallest absolute Gasteiger partial charge is 0.238 e. The van der Waals surface area contributed by atoms with E-state index in [0.29, 0.717) is 35.2 Å². The maximum absolute atomic E-state index is 5.63. The van der Waals surface area contributed by atoms with Crippen LogP contribution in [0.5, 0.6) is 0 Å². The van der Waals surface area contributed by atoms with Crippen molar-refractivity contribution in [3.05, 3.63) is 396 Å². The van der Waals surface area contributed by atoms with Crippen LogP contribution in [0.15, 0.2) is 352 Å². The lowest BCUT2D eigenvalue weighted by molar-refractivity contribution is 0.769. The van der Waals surface area contributed by atoms with Crippen molar-refractivity contribution in [3.8, 4) is 90.8 Å². The van der Waals surface area contributed by atoms with E-state index in [-0.39, 0.29) is 0 Å². The van der Waals surface area contributed by atoms with E-state index in [1.54, 1.807) is 0 Å². The predicted molar refractivity (Wildman–Crippen MR) is 404 cm³/mol. The standard InChI is InChI=1S/C92H58N8/c1-8-28-60(29-9-1)85-93-86(61-30-10-2-11-31-61)96-89(95-85)99-79-47-27-24-44-74(79)82-80(99)57-56-76-81(82)73-53-52-64(58-77(73)91(76,65-34-14-4-15-35-65)66-36-16-5-17-37-66)59-48-50-63(51-49-59)88-94-87(62-32-12-3-13-33-62)97-90(98-88)100-78-46-26-23-43-70(78)72-55-54-71-69-42-22-25-45-75(69)92(83(71)84(72)100,67-38-18-6-19-39-67)68-40-20-7-21-41-68/h1-58H. The van der Waals surface area contributed by atoms with Crippen LogP contribution < -0.4 is 0 Å². The number of hydrogen-bond acceptors (Lipinski definition) is 6. The summed E-state index contributed by atoms with van der Waals surface area (Å²) in [4.78, 5) is 32.3. The maximum Gasteiger partial charge on any atom is 0.238 e. The van der Waals surface area contributed by atoms with Crippen molar-refractivity contribution in [3.63, 3.8) is 0 Å². The molecular weight excluding hydrogens is 1220 g/mol. The van der Waals surface area contributed by atoms with Gasteiger partial charge in [0.25, 0.3) is 0 Å². The number of para-hydroxylation sites is 2. The quantitative estimate of drug-likeness (QED) is 0.128. The molecule has 2 aliphatic rings. The number of aromatic nitrogens is 8. The van der Waals surface area contributed by atoms with Crippen LogP contribution in [0.2, 0.25) is 0 Å². The fourth-order valence-electron chi connectivity index (χ4n) is 16.6. The third kappa shape index (κ3) is 8.47. The molecule has 466 valence electrons. The van der Waals surface area contributed by atoms with Crippen molar-refractivity contribution in [2.75, 3.05) is 0 Å². The van der Waals surface area contributed by atoms with Gasteiger partial charge in [-0.1, -0.05) is 328 Å². The topological polar surface area (TPSA) is 87.2 Å². The molecule has 0 unspecified atom stereocenters. The lowest BCUT2D eigenvalue weighted by Gasteiger charge is -2.34. The van der Waals surface area contributed by atoms with Gasteiger partial charge in [-0.05, 0) is 96.6 Å². The molecule has 2 aliphatic carbocycles. The van der Waals surface area contributed by atoms with E-state index in [1.807, 2.05) is 54.6 Å². The molecule has 0 fully saturated rings. The minimum absolute atomic E-state index is 0.536. The van der Waals surface area contributed by atoms with Crippen molar-refractivity contribution >= 4 is 43.6 Å². The molecule has 4 aromatic heterocycles. The van der Waals surface area contributed by atoms with Crippen molar-refractivity contribution in [2.24, 2.45) is 0 Å². The summed E-state index contributed by atoms with van der Waals surface area (Å²) in [5.74, 6) is 3.45. The Morgan fingerprint density at radius 2 is 0.640 bits per heavy atom. The molecule has 8 heteroatoms. The minimum Gasteiger partial charge on any atom is -0.278 e. The van der Waals surface area contributed by atoms with Gasteiger partial charge in [0.1, 0.15) is 0 Å². The van der Waals surface area contributed by atoms with Gasteiger partial charge in [0.15, 0.2) is 23.3 Å². The largest absolute Gasteiger partial charge is 0.278 e. The molecule has 100 heavy (non-hydrogen) atoms. The van der Waals surface area contributed by atoms with Gasteiger partial charge in [-0.25, -0.2) is 9.97 Å². The van der Waals surface area contributed by atoms with Crippen LogP contribution in [0.1, 0.15) is 44.5 Å². The Balaban J connectivity index is 0.777. The second-order valence-electron chi connectivity index (χ2n) is 26.0. The zero-order valence-corrected chi connectivity index (χ0v) is 54.1. The first-order chi connectivity index (χ1) is 49.6. The van der Waals surface area contributed by atoms with Crippen LogP contribution in [0.3, 0.4) is 0 Å². The van der Waals surface area contributed by atoms with Gasteiger partial charge in [-0.2, -0.15) is 19.9 Å². The highest BCUT2D eigenvalue weighted by molar-refractivity contribution is 6.19. The van der Waals surface area contributed by atoms with Gasteiger partial charge in [-0.15, -0.1) is 0 Å². The molecule has 0 bridgehead atoms. The number of benzene rings is 14. The molecule has 0 saturated heterocycles. The molecule has 0 atom stereocenters.